The summed E-state index contributed by atoms with van der Waals surface area (Å²) in [5, 5.41) is 3.98. The first-order valence-electron chi connectivity index (χ1n) is 7.82. The molecule has 0 radical (unpaired) electrons. The van der Waals surface area contributed by atoms with Crippen molar-refractivity contribution in [1.29, 1.82) is 0 Å². The molecule has 2 heterocycles. The van der Waals surface area contributed by atoms with E-state index in [0.29, 0.717) is 24.8 Å². The van der Waals surface area contributed by atoms with Crippen molar-refractivity contribution in [2.45, 2.75) is 44.9 Å². The van der Waals surface area contributed by atoms with Gasteiger partial charge >= 0.3 is 0 Å². The van der Waals surface area contributed by atoms with Crippen LogP contribution in [0.4, 0.5) is 0 Å². The van der Waals surface area contributed by atoms with Gasteiger partial charge in [0.25, 0.3) is 0 Å². The van der Waals surface area contributed by atoms with Gasteiger partial charge in [0.1, 0.15) is 0 Å². The number of amides is 1. The summed E-state index contributed by atoms with van der Waals surface area (Å²) in [6.45, 7) is 5.42. The number of sulfonamides is 1. The fourth-order valence-electron chi connectivity index (χ4n) is 2.52. The van der Waals surface area contributed by atoms with Crippen molar-refractivity contribution in [2.24, 2.45) is 0 Å². The molecule has 1 saturated heterocycles. The van der Waals surface area contributed by atoms with Gasteiger partial charge in [-0.1, -0.05) is 19.0 Å². The van der Waals surface area contributed by atoms with Gasteiger partial charge in [0.2, 0.25) is 21.8 Å². The van der Waals surface area contributed by atoms with E-state index in [0.717, 1.165) is 19.1 Å². The van der Waals surface area contributed by atoms with Crippen LogP contribution in [-0.2, 0) is 14.8 Å². The molecule has 0 unspecified atom stereocenters. The minimum absolute atomic E-state index is 0.0343. The summed E-state index contributed by atoms with van der Waals surface area (Å²) >= 11 is 0. The average molecular weight is 344 g/mol. The lowest BCUT2D eigenvalue weighted by Crippen LogP contribution is -2.39. The molecule has 0 bridgehead atoms. The SMILES string of the molecule is CC(C)c1noc(C2CCN(C(=O)CCNS(C)(=O)=O)CC2)n1. The van der Waals surface area contributed by atoms with Gasteiger partial charge in [-0.05, 0) is 12.8 Å². The second kappa shape index (κ2) is 7.39. The minimum Gasteiger partial charge on any atom is -0.343 e. The van der Waals surface area contributed by atoms with Crippen LogP contribution in [0.3, 0.4) is 0 Å². The molecule has 0 aromatic carbocycles. The fourth-order valence-corrected chi connectivity index (χ4v) is 3.00. The number of carbonyl (C=O) groups is 1. The van der Waals surface area contributed by atoms with E-state index in [4.69, 9.17) is 4.52 Å². The molecular weight excluding hydrogens is 320 g/mol. The van der Waals surface area contributed by atoms with Crippen molar-refractivity contribution in [2.75, 3.05) is 25.9 Å². The lowest BCUT2D eigenvalue weighted by Gasteiger charge is -2.30. The Morgan fingerprint density at radius 1 is 1.39 bits per heavy atom. The summed E-state index contributed by atoms with van der Waals surface area (Å²) in [4.78, 5) is 18.2. The van der Waals surface area contributed by atoms with Crippen LogP contribution in [0.2, 0.25) is 0 Å². The third-order valence-corrected chi connectivity index (χ3v) is 4.60. The Bertz CT molecular complexity index is 633. The predicted octanol–water partition coefficient (Wildman–Crippen LogP) is 0.838. The molecule has 0 spiro atoms. The Morgan fingerprint density at radius 3 is 2.57 bits per heavy atom. The molecule has 23 heavy (non-hydrogen) atoms. The van der Waals surface area contributed by atoms with E-state index < -0.39 is 10.0 Å². The smallest absolute Gasteiger partial charge is 0.229 e. The first-order chi connectivity index (χ1) is 10.8. The standard InChI is InChI=1S/C14H24N4O4S/c1-10(2)13-16-14(22-17-13)11-5-8-18(9-6-11)12(19)4-7-15-23(3,20)21/h10-11,15H,4-9H2,1-3H3. The van der Waals surface area contributed by atoms with Gasteiger partial charge in [-0.3, -0.25) is 4.79 Å². The molecule has 0 saturated carbocycles. The van der Waals surface area contributed by atoms with Crippen molar-refractivity contribution in [3.63, 3.8) is 0 Å². The normalized spacial score (nSPS) is 17.0. The quantitative estimate of drug-likeness (QED) is 0.820. The van der Waals surface area contributed by atoms with E-state index in [1.807, 2.05) is 13.8 Å². The topological polar surface area (TPSA) is 105 Å². The molecule has 8 nitrogen and oxygen atoms in total. The van der Waals surface area contributed by atoms with Crippen LogP contribution in [-0.4, -0.2) is 55.3 Å². The second-order valence-electron chi connectivity index (χ2n) is 6.22. The molecule has 1 aliphatic rings. The van der Waals surface area contributed by atoms with Crippen LogP contribution in [0.15, 0.2) is 4.52 Å². The summed E-state index contributed by atoms with van der Waals surface area (Å²) in [6, 6.07) is 0. The monoisotopic (exact) mass is 344 g/mol. The number of aromatic nitrogens is 2. The maximum Gasteiger partial charge on any atom is 0.229 e. The highest BCUT2D eigenvalue weighted by molar-refractivity contribution is 7.88. The second-order valence-corrected chi connectivity index (χ2v) is 8.05. The van der Waals surface area contributed by atoms with Gasteiger partial charge in [0.05, 0.1) is 6.26 Å². The molecule has 2 rings (SSSR count). The fraction of sp³-hybridized carbons (Fsp3) is 0.786. The number of likely N-dealkylation sites (tertiary alicyclic amines) is 1. The first kappa shape index (κ1) is 17.9. The van der Waals surface area contributed by atoms with Gasteiger partial charge in [-0.2, -0.15) is 4.98 Å². The van der Waals surface area contributed by atoms with E-state index in [9.17, 15) is 13.2 Å². The van der Waals surface area contributed by atoms with E-state index in [-0.39, 0.29) is 30.7 Å². The Labute approximate surface area is 136 Å². The van der Waals surface area contributed by atoms with Crippen molar-refractivity contribution in [3.8, 4) is 0 Å². The number of piperidine rings is 1. The molecule has 1 amide bonds. The van der Waals surface area contributed by atoms with Crippen molar-refractivity contribution < 1.29 is 17.7 Å². The molecule has 1 aliphatic heterocycles. The van der Waals surface area contributed by atoms with Gasteiger partial charge in [-0.25, -0.2) is 13.1 Å². The van der Waals surface area contributed by atoms with Crippen LogP contribution in [0.25, 0.3) is 0 Å². The average Bonchev–Trinajstić information content (AvgIpc) is 2.96. The first-order valence-corrected chi connectivity index (χ1v) is 9.71. The summed E-state index contributed by atoms with van der Waals surface area (Å²) in [5.41, 5.74) is 0. The van der Waals surface area contributed by atoms with Gasteiger partial charge in [-0.15, -0.1) is 0 Å². The lowest BCUT2D eigenvalue weighted by molar-refractivity contribution is -0.132. The molecular formula is C14H24N4O4S. The molecule has 1 aromatic heterocycles. The van der Waals surface area contributed by atoms with Crippen LogP contribution < -0.4 is 4.72 Å². The van der Waals surface area contributed by atoms with Crippen molar-refractivity contribution in [1.82, 2.24) is 19.8 Å². The summed E-state index contributed by atoms with van der Waals surface area (Å²) in [7, 11) is -3.25. The van der Waals surface area contributed by atoms with Crippen LogP contribution >= 0.6 is 0 Å². The Hall–Kier alpha value is -1.48. The zero-order valence-electron chi connectivity index (χ0n) is 13.8. The Balaban J connectivity index is 1.79. The summed E-state index contributed by atoms with van der Waals surface area (Å²) < 4.78 is 29.6. The lowest BCUT2D eigenvalue weighted by atomic mass is 9.96. The number of hydrogen-bond acceptors (Lipinski definition) is 6. The van der Waals surface area contributed by atoms with Gasteiger partial charge in [0, 0.05) is 37.9 Å². The number of nitrogens with zero attached hydrogens (tertiary/aromatic N) is 3. The van der Waals surface area contributed by atoms with Crippen molar-refractivity contribution in [3.05, 3.63) is 11.7 Å². The molecule has 1 fully saturated rings. The highest BCUT2D eigenvalue weighted by Gasteiger charge is 2.27. The van der Waals surface area contributed by atoms with Crippen LogP contribution in [0, 0.1) is 0 Å². The number of rotatable bonds is 6. The van der Waals surface area contributed by atoms with E-state index in [1.54, 1.807) is 4.90 Å². The minimum atomic E-state index is -3.25. The third-order valence-electron chi connectivity index (χ3n) is 3.87. The van der Waals surface area contributed by atoms with E-state index in [1.165, 1.54) is 0 Å². The highest BCUT2D eigenvalue weighted by Crippen LogP contribution is 2.27. The zero-order chi connectivity index (χ0) is 17.0. The van der Waals surface area contributed by atoms with Gasteiger partial charge < -0.3 is 9.42 Å². The number of hydrogen-bond donors (Lipinski definition) is 1. The molecule has 1 aromatic rings. The third kappa shape index (κ3) is 5.28. The number of carbonyl (C=O) groups excluding carboxylic acids is 1. The molecule has 0 aliphatic carbocycles. The van der Waals surface area contributed by atoms with E-state index in [2.05, 4.69) is 14.9 Å². The molecule has 9 heteroatoms. The van der Waals surface area contributed by atoms with E-state index >= 15 is 0 Å². The molecule has 1 N–H and O–H groups in total. The Morgan fingerprint density at radius 2 is 2.04 bits per heavy atom. The predicted molar refractivity (Wildman–Crippen MR) is 84.4 cm³/mol. The maximum absolute atomic E-state index is 12.1. The Kier molecular flexibility index (Phi) is 5.74. The molecule has 130 valence electrons. The van der Waals surface area contributed by atoms with Gasteiger partial charge in [0.15, 0.2) is 5.82 Å². The summed E-state index contributed by atoms with van der Waals surface area (Å²) in [6.07, 6.45) is 2.82. The number of nitrogens with one attached hydrogen (secondary N) is 1. The highest BCUT2D eigenvalue weighted by atomic mass is 32.2. The van der Waals surface area contributed by atoms with Crippen molar-refractivity contribution >= 4 is 15.9 Å². The van der Waals surface area contributed by atoms with Crippen LogP contribution in [0.5, 0.6) is 0 Å². The largest absolute Gasteiger partial charge is 0.343 e. The zero-order valence-corrected chi connectivity index (χ0v) is 14.6. The summed E-state index contributed by atoms with van der Waals surface area (Å²) in [5.74, 6) is 1.75. The maximum atomic E-state index is 12.1. The van der Waals surface area contributed by atoms with Crippen LogP contribution in [0.1, 0.15) is 56.7 Å². The molecule has 0 atom stereocenters.